The smallest absolute Gasteiger partial charge is 0.323 e. The van der Waals surface area contributed by atoms with Gasteiger partial charge in [0.1, 0.15) is 12.6 Å². The van der Waals surface area contributed by atoms with Gasteiger partial charge < -0.3 is 4.74 Å². The largest absolute Gasteiger partial charge is 0.460 e. The Morgan fingerprint density at radius 2 is 2.11 bits per heavy atom. The maximum atomic E-state index is 11.7. The van der Waals surface area contributed by atoms with Gasteiger partial charge >= 0.3 is 5.97 Å². The van der Waals surface area contributed by atoms with Crippen molar-refractivity contribution in [1.82, 2.24) is 5.32 Å². The Balaban J connectivity index is 0.00000162. The Bertz CT molecular complexity index is 430. The van der Waals surface area contributed by atoms with Gasteiger partial charge in [-0.2, -0.15) is 5.26 Å². The first-order valence-electron chi connectivity index (χ1n) is 5.66. The van der Waals surface area contributed by atoms with E-state index in [2.05, 4.69) is 11.4 Å². The molecule has 1 aromatic rings. The zero-order valence-corrected chi connectivity index (χ0v) is 10.7. The molecule has 1 saturated heterocycles. The highest BCUT2D eigenvalue weighted by Crippen LogP contribution is 2.13. The first kappa shape index (κ1) is 14.5. The predicted molar refractivity (Wildman–Crippen MR) is 69.0 cm³/mol. The fraction of sp³-hybridized carbons (Fsp3) is 0.385. The summed E-state index contributed by atoms with van der Waals surface area (Å²) < 4.78 is 5.19. The van der Waals surface area contributed by atoms with Crippen LogP contribution in [0, 0.1) is 11.3 Å². The molecule has 5 heteroatoms. The average Bonchev–Trinajstić information content (AvgIpc) is 2.86. The second-order valence-corrected chi connectivity index (χ2v) is 4.07. The molecule has 1 fully saturated rings. The van der Waals surface area contributed by atoms with Gasteiger partial charge in [0.15, 0.2) is 0 Å². The number of halogens is 1. The Kier molecular flexibility index (Phi) is 5.63. The van der Waals surface area contributed by atoms with E-state index < -0.39 is 0 Å². The lowest BCUT2D eigenvalue weighted by atomic mass is 10.2. The number of rotatable bonds is 3. The van der Waals surface area contributed by atoms with E-state index >= 15 is 0 Å². The number of hydrogen-bond donors (Lipinski definition) is 1. The normalized spacial score (nSPS) is 21.7. The lowest BCUT2D eigenvalue weighted by molar-refractivity contribution is -0.147. The molecule has 0 aliphatic carbocycles. The standard InChI is InChI=1S/C13H14N2O2.ClH/c14-8-11-6-7-12(15-11)13(16)17-9-10-4-2-1-3-5-10;/h1-5,11-12,15H,6-7,9H2;1H. The van der Waals surface area contributed by atoms with Crippen LogP contribution in [-0.4, -0.2) is 18.1 Å². The lowest BCUT2D eigenvalue weighted by Crippen LogP contribution is -2.36. The molecule has 0 aromatic heterocycles. The second kappa shape index (κ2) is 7.00. The molecule has 0 spiro atoms. The number of carbonyl (C=O) groups is 1. The minimum Gasteiger partial charge on any atom is -0.460 e. The third-order valence-electron chi connectivity index (χ3n) is 2.81. The highest BCUT2D eigenvalue weighted by molar-refractivity contribution is 5.85. The van der Waals surface area contributed by atoms with Crippen molar-refractivity contribution < 1.29 is 9.53 Å². The van der Waals surface area contributed by atoms with Crippen molar-refractivity contribution in [3.63, 3.8) is 0 Å². The predicted octanol–water partition coefficient (Wildman–Crippen LogP) is 1.80. The maximum Gasteiger partial charge on any atom is 0.323 e. The quantitative estimate of drug-likeness (QED) is 0.848. The van der Waals surface area contributed by atoms with Crippen molar-refractivity contribution in [2.75, 3.05) is 0 Å². The minimum absolute atomic E-state index is 0. The molecule has 2 atom stereocenters. The van der Waals surface area contributed by atoms with Crippen molar-refractivity contribution >= 4 is 18.4 Å². The molecule has 1 aromatic carbocycles. The number of ether oxygens (including phenoxy) is 1. The zero-order valence-electron chi connectivity index (χ0n) is 9.83. The summed E-state index contributed by atoms with van der Waals surface area (Å²) in [6.07, 6.45) is 1.38. The molecule has 18 heavy (non-hydrogen) atoms. The van der Waals surface area contributed by atoms with Crippen molar-refractivity contribution in [2.24, 2.45) is 0 Å². The van der Waals surface area contributed by atoms with Crippen molar-refractivity contribution in [3.05, 3.63) is 35.9 Å². The maximum absolute atomic E-state index is 11.7. The fourth-order valence-corrected chi connectivity index (χ4v) is 1.86. The van der Waals surface area contributed by atoms with Crippen LogP contribution in [-0.2, 0) is 16.1 Å². The summed E-state index contributed by atoms with van der Waals surface area (Å²) in [6, 6.07) is 11.1. The molecule has 0 saturated carbocycles. The first-order valence-corrected chi connectivity index (χ1v) is 5.66. The van der Waals surface area contributed by atoms with Crippen molar-refractivity contribution in [1.29, 1.82) is 5.26 Å². The van der Waals surface area contributed by atoms with Gasteiger partial charge in [-0.3, -0.25) is 10.1 Å². The molecule has 2 unspecified atom stereocenters. The number of nitrogens with one attached hydrogen (secondary N) is 1. The van der Waals surface area contributed by atoms with Gasteiger partial charge in [0.2, 0.25) is 0 Å². The number of nitrogens with zero attached hydrogens (tertiary/aromatic N) is 1. The topological polar surface area (TPSA) is 62.1 Å². The van der Waals surface area contributed by atoms with Crippen LogP contribution in [0.2, 0.25) is 0 Å². The molecule has 1 heterocycles. The average molecular weight is 267 g/mol. The fourth-order valence-electron chi connectivity index (χ4n) is 1.86. The summed E-state index contributed by atoms with van der Waals surface area (Å²) in [7, 11) is 0. The van der Waals surface area contributed by atoms with Crippen LogP contribution in [0.4, 0.5) is 0 Å². The van der Waals surface area contributed by atoms with Gasteiger partial charge in [-0.15, -0.1) is 12.4 Å². The van der Waals surface area contributed by atoms with Gasteiger partial charge in [-0.25, -0.2) is 0 Å². The summed E-state index contributed by atoms with van der Waals surface area (Å²) in [5, 5.41) is 11.6. The van der Waals surface area contributed by atoms with E-state index in [1.165, 1.54) is 0 Å². The van der Waals surface area contributed by atoms with Gasteiger partial charge in [-0.05, 0) is 18.4 Å². The van der Waals surface area contributed by atoms with E-state index in [0.29, 0.717) is 12.8 Å². The highest BCUT2D eigenvalue weighted by Gasteiger charge is 2.29. The number of esters is 1. The van der Waals surface area contributed by atoms with Crippen LogP contribution in [0.25, 0.3) is 0 Å². The Morgan fingerprint density at radius 3 is 2.72 bits per heavy atom. The summed E-state index contributed by atoms with van der Waals surface area (Å²) in [5.74, 6) is -0.272. The van der Waals surface area contributed by atoms with Gasteiger partial charge in [0.05, 0.1) is 12.1 Å². The summed E-state index contributed by atoms with van der Waals surface area (Å²) in [5.41, 5.74) is 0.968. The molecule has 0 radical (unpaired) electrons. The van der Waals surface area contributed by atoms with Gasteiger partial charge in [-0.1, -0.05) is 30.3 Å². The van der Waals surface area contributed by atoms with Gasteiger partial charge in [0, 0.05) is 0 Å². The van der Waals surface area contributed by atoms with Crippen LogP contribution < -0.4 is 5.32 Å². The molecule has 2 rings (SSSR count). The number of benzene rings is 1. The van der Waals surface area contributed by atoms with Crippen LogP contribution >= 0.6 is 12.4 Å². The van der Waals surface area contributed by atoms with E-state index in [0.717, 1.165) is 5.56 Å². The molecule has 1 aliphatic rings. The van der Waals surface area contributed by atoms with Crippen LogP contribution in [0.3, 0.4) is 0 Å². The van der Waals surface area contributed by atoms with Crippen LogP contribution in [0.15, 0.2) is 30.3 Å². The molecule has 4 nitrogen and oxygen atoms in total. The third-order valence-corrected chi connectivity index (χ3v) is 2.81. The zero-order chi connectivity index (χ0) is 12.1. The van der Waals surface area contributed by atoms with Crippen molar-refractivity contribution in [2.45, 2.75) is 31.5 Å². The Morgan fingerprint density at radius 1 is 1.39 bits per heavy atom. The molecule has 1 aliphatic heterocycles. The molecule has 1 N–H and O–H groups in total. The SMILES string of the molecule is Cl.N#CC1CCC(C(=O)OCc2ccccc2)N1. The van der Waals surface area contributed by atoms with E-state index in [4.69, 9.17) is 10.00 Å². The van der Waals surface area contributed by atoms with Crippen LogP contribution in [0.1, 0.15) is 18.4 Å². The van der Waals surface area contributed by atoms with E-state index in [9.17, 15) is 4.79 Å². The van der Waals surface area contributed by atoms with E-state index in [1.54, 1.807) is 0 Å². The monoisotopic (exact) mass is 266 g/mol. The summed E-state index contributed by atoms with van der Waals surface area (Å²) in [6.45, 7) is 0.287. The number of carbonyl (C=O) groups excluding carboxylic acids is 1. The van der Waals surface area contributed by atoms with Gasteiger partial charge in [0.25, 0.3) is 0 Å². The summed E-state index contributed by atoms with van der Waals surface area (Å²) >= 11 is 0. The second-order valence-electron chi connectivity index (χ2n) is 4.07. The number of hydrogen-bond acceptors (Lipinski definition) is 4. The molecule has 0 bridgehead atoms. The number of nitriles is 1. The Labute approximate surface area is 112 Å². The van der Waals surface area contributed by atoms with E-state index in [1.807, 2.05) is 30.3 Å². The minimum atomic E-state index is -0.330. The first-order chi connectivity index (χ1) is 8.29. The van der Waals surface area contributed by atoms with E-state index in [-0.39, 0.29) is 37.1 Å². The molecule has 96 valence electrons. The lowest BCUT2D eigenvalue weighted by Gasteiger charge is -2.10. The Hall–Kier alpha value is -1.57. The molecular weight excluding hydrogens is 252 g/mol. The molecular formula is C13H15ClN2O2. The highest BCUT2D eigenvalue weighted by atomic mass is 35.5. The summed E-state index contributed by atoms with van der Waals surface area (Å²) in [4.78, 5) is 11.7. The van der Waals surface area contributed by atoms with Crippen LogP contribution in [0.5, 0.6) is 0 Å². The molecule has 0 amide bonds. The van der Waals surface area contributed by atoms with Crippen molar-refractivity contribution in [3.8, 4) is 6.07 Å². The third kappa shape index (κ3) is 3.73.